The minimum Gasteiger partial charge on any atom is -0.480 e. The molecule has 2 N–H and O–H groups in total. The molecule has 1 atom stereocenters. The van der Waals surface area contributed by atoms with E-state index in [2.05, 4.69) is 15.5 Å². The van der Waals surface area contributed by atoms with Gasteiger partial charge in [-0.3, -0.25) is 0 Å². The zero-order chi connectivity index (χ0) is 22.2. The minimum absolute atomic E-state index is 0.293. The number of rotatable bonds is 5. The van der Waals surface area contributed by atoms with Gasteiger partial charge in [-0.1, -0.05) is 40.8 Å². The lowest BCUT2D eigenvalue weighted by atomic mass is 10.1. The predicted molar refractivity (Wildman–Crippen MR) is 124 cm³/mol. The van der Waals surface area contributed by atoms with E-state index in [1.54, 1.807) is 17.0 Å². The van der Waals surface area contributed by atoms with Gasteiger partial charge in [0.05, 0.1) is 10.2 Å². The monoisotopic (exact) mass is 468 g/mol. The third kappa shape index (κ3) is 3.94. The average molecular weight is 469 g/mol. The molecule has 5 rings (SSSR count). The number of benzene rings is 2. The third-order valence-corrected chi connectivity index (χ3v) is 6.65. The summed E-state index contributed by atoms with van der Waals surface area (Å²) in [6.45, 7) is 0.581. The molecule has 2 aromatic heterocycles. The van der Waals surface area contributed by atoms with Gasteiger partial charge in [0, 0.05) is 23.9 Å². The quantitative estimate of drug-likeness (QED) is 0.393. The number of thiocarbonyl (C=S) groups is 1. The minimum atomic E-state index is -0.888. The molecule has 32 heavy (non-hydrogen) atoms. The van der Waals surface area contributed by atoms with E-state index in [-0.39, 0.29) is 5.82 Å². The molecule has 2 aromatic carbocycles. The summed E-state index contributed by atoms with van der Waals surface area (Å²) in [5, 5.41) is 17.4. The molecule has 10 heteroatoms. The van der Waals surface area contributed by atoms with E-state index in [1.807, 2.05) is 24.3 Å². The Morgan fingerprint density at radius 1 is 1.28 bits per heavy atom. The van der Waals surface area contributed by atoms with Gasteiger partial charge in [0.25, 0.3) is 0 Å². The number of fused-ring (bicyclic) bond motifs is 1. The topological polar surface area (TPSA) is 91.5 Å². The van der Waals surface area contributed by atoms with Gasteiger partial charge in [0.15, 0.2) is 10.9 Å². The zero-order valence-corrected chi connectivity index (χ0v) is 18.3. The number of nitrogens with zero attached hydrogens (tertiary/aromatic N) is 3. The Kier molecular flexibility index (Phi) is 5.32. The second kappa shape index (κ2) is 8.29. The number of hydrogen-bond donors (Lipinski definition) is 2. The molecule has 1 saturated heterocycles. The lowest BCUT2D eigenvalue weighted by molar-refractivity contribution is -0.140. The molecule has 1 aliphatic rings. The van der Waals surface area contributed by atoms with Crippen molar-refractivity contribution >= 4 is 55.5 Å². The highest BCUT2D eigenvalue weighted by molar-refractivity contribution is 7.80. The molecule has 0 aliphatic carbocycles. The number of carboxylic acid groups (broad SMARTS) is 1. The normalized spacial score (nSPS) is 15.9. The van der Waals surface area contributed by atoms with Crippen LogP contribution in [-0.2, 0) is 4.79 Å². The Balaban J connectivity index is 1.36. The maximum Gasteiger partial charge on any atom is 0.326 e. The van der Waals surface area contributed by atoms with Crippen LogP contribution in [0.5, 0.6) is 0 Å². The van der Waals surface area contributed by atoms with E-state index in [9.17, 15) is 14.3 Å². The Labute approximate surface area is 191 Å². The van der Waals surface area contributed by atoms with Crippen LogP contribution < -0.4 is 5.32 Å². The van der Waals surface area contributed by atoms with Crippen molar-refractivity contribution in [3.8, 4) is 11.3 Å². The summed E-state index contributed by atoms with van der Waals surface area (Å²) in [6.07, 6.45) is 1.33. The molecule has 0 spiro atoms. The number of nitrogens with one attached hydrogen (secondary N) is 1. The molecular formula is C22H17FN4O3S2. The molecule has 1 aliphatic heterocycles. The van der Waals surface area contributed by atoms with Gasteiger partial charge in [-0.05, 0) is 43.2 Å². The second-order valence-electron chi connectivity index (χ2n) is 7.41. The average Bonchev–Trinajstić information content (AvgIpc) is 3.52. The summed E-state index contributed by atoms with van der Waals surface area (Å²) in [6, 6.07) is 13.1. The van der Waals surface area contributed by atoms with Gasteiger partial charge < -0.3 is 19.8 Å². The number of thiazole rings is 1. The van der Waals surface area contributed by atoms with E-state index in [4.69, 9.17) is 16.7 Å². The molecule has 0 radical (unpaired) electrons. The van der Waals surface area contributed by atoms with Crippen LogP contribution in [-0.4, -0.2) is 43.7 Å². The molecule has 3 heterocycles. The lowest BCUT2D eigenvalue weighted by Crippen LogP contribution is -2.39. The van der Waals surface area contributed by atoms with Crippen LogP contribution in [0.25, 0.3) is 21.5 Å². The molecule has 7 nitrogen and oxygen atoms in total. The Morgan fingerprint density at radius 2 is 2.16 bits per heavy atom. The van der Waals surface area contributed by atoms with E-state index in [0.29, 0.717) is 34.5 Å². The predicted octanol–water partition coefficient (Wildman–Crippen LogP) is 5.06. The van der Waals surface area contributed by atoms with Crippen molar-refractivity contribution in [3.63, 3.8) is 0 Å². The Hall–Kier alpha value is -3.37. The first kappa shape index (κ1) is 20.5. The number of carbonyl (C=O) groups is 1. The number of carboxylic acids is 1. The van der Waals surface area contributed by atoms with E-state index in [1.165, 1.54) is 23.5 Å². The fourth-order valence-electron chi connectivity index (χ4n) is 3.75. The highest BCUT2D eigenvalue weighted by atomic mass is 32.1. The summed E-state index contributed by atoms with van der Waals surface area (Å²) >= 11 is 6.84. The number of anilines is 2. The SMILES string of the molecule is O=C(O)[C@@H]1CCCN1C(=S)c1cc(-c2cccc(Nc3nc4ccc(F)cc4s3)c2)no1. The molecular weight excluding hydrogens is 451 g/mol. The van der Waals surface area contributed by atoms with Gasteiger partial charge in [-0.25, -0.2) is 14.2 Å². The largest absolute Gasteiger partial charge is 0.480 e. The maximum absolute atomic E-state index is 13.4. The van der Waals surface area contributed by atoms with Crippen LogP contribution in [0.15, 0.2) is 53.1 Å². The van der Waals surface area contributed by atoms with Crippen molar-refractivity contribution in [1.82, 2.24) is 15.0 Å². The number of halogens is 1. The first-order valence-electron chi connectivity index (χ1n) is 9.92. The number of aliphatic carboxylic acids is 1. The van der Waals surface area contributed by atoms with Crippen LogP contribution in [0.3, 0.4) is 0 Å². The summed E-state index contributed by atoms with van der Waals surface area (Å²) in [7, 11) is 0. The van der Waals surface area contributed by atoms with Gasteiger partial charge in [-0.2, -0.15) is 0 Å². The summed E-state index contributed by atoms with van der Waals surface area (Å²) < 4.78 is 19.6. The maximum atomic E-state index is 13.4. The Bertz CT molecular complexity index is 1340. The van der Waals surface area contributed by atoms with Crippen molar-refractivity contribution in [2.45, 2.75) is 18.9 Å². The molecule has 162 valence electrons. The van der Waals surface area contributed by atoms with Crippen molar-refractivity contribution in [2.75, 3.05) is 11.9 Å². The third-order valence-electron chi connectivity index (χ3n) is 5.28. The van der Waals surface area contributed by atoms with Crippen molar-refractivity contribution in [3.05, 3.63) is 60.1 Å². The molecule has 0 bridgehead atoms. The van der Waals surface area contributed by atoms with Crippen molar-refractivity contribution in [1.29, 1.82) is 0 Å². The summed E-state index contributed by atoms with van der Waals surface area (Å²) in [5.74, 6) is -0.811. The molecule has 0 saturated carbocycles. The van der Waals surface area contributed by atoms with Gasteiger partial charge in [0.2, 0.25) is 0 Å². The lowest BCUT2D eigenvalue weighted by Gasteiger charge is -2.22. The summed E-state index contributed by atoms with van der Waals surface area (Å²) in [4.78, 5) is 18.0. The smallest absolute Gasteiger partial charge is 0.326 e. The zero-order valence-electron chi connectivity index (χ0n) is 16.6. The fraction of sp³-hybridized carbons (Fsp3) is 0.182. The molecule has 0 amide bonds. The number of aromatic nitrogens is 2. The van der Waals surface area contributed by atoms with Crippen LogP contribution in [0.1, 0.15) is 18.6 Å². The number of likely N-dealkylation sites (tertiary alicyclic amines) is 1. The first-order valence-corrected chi connectivity index (χ1v) is 11.1. The van der Waals surface area contributed by atoms with Crippen molar-refractivity contribution in [2.24, 2.45) is 0 Å². The van der Waals surface area contributed by atoms with Crippen molar-refractivity contribution < 1.29 is 18.8 Å². The van der Waals surface area contributed by atoms with E-state index < -0.39 is 12.0 Å². The van der Waals surface area contributed by atoms with Crippen LogP contribution in [0, 0.1) is 5.82 Å². The standard InChI is InChI=1S/C22H17FN4O3S2/c23-13-6-7-15-19(10-13)32-22(25-15)24-14-4-1-3-12(9-14)16-11-18(30-26-16)20(31)27-8-2-5-17(27)21(28)29/h1,3-4,6-7,9-11,17H,2,5,8H2,(H,24,25)(H,28,29)/t17-/m0/s1. The number of hydrogen-bond acceptors (Lipinski definition) is 7. The molecule has 1 fully saturated rings. The Morgan fingerprint density at radius 3 is 3.00 bits per heavy atom. The van der Waals surface area contributed by atoms with Crippen LogP contribution in [0.4, 0.5) is 15.2 Å². The second-order valence-corrected chi connectivity index (χ2v) is 8.83. The highest BCUT2D eigenvalue weighted by Crippen LogP contribution is 2.31. The van der Waals surface area contributed by atoms with E-state index >= 15 is 0 Å². The molecule has 0 unspecified atom stereocenters. The van der Waals surface area contributed by atoms with Gasteiger partial charge in [-0.15, -0.1) is 0 Å². The van der Waals surface area contributed by atoms with Crippen LogP contribution >= 0.6 is 23.6 Å². The fourth-order valence-corrected chi connectivity index (χ4v) is 4.98. The highest BCUT2D eigenvalue weighted by Gasteiger charge is 2.33. The van der Waals surface area contributed by atoms with Crippen LogP contribution in [0.2, 0.25) is 0 Å². The first-order chi connectivity index (χ1) is 15.5. The van der Waals surface area contributed by atoms with Gasteiger partial charge in [0.1, 0.15) is 22.5 Å². The molecule has 4 aromatic rings. The van der Waals surface area contributed by atoms with Gasteiger partial charge >= 0.3 is 5.97 Å². The van der Waals surface area contributed by atoms with E-state index in [0.717, 1.165) is 27.9 Å². The summed E-state index contributed by atoms with van der Waals surface area (Å²) in [5.41, 5.74) is 2.91.